The van der Waals surface area contributed by atoms with Crippen LogP contribution >= 0.6 is 11.3 Å². The summed E-state index contributed by atoms with van der Waals surface area (Å²) in [6, 6.07) is 11.2. The Morgan fingerprint density at radius 1 is 1.00 bits per heavy atom. The number of amides is 1. The lowest BCUT2D eigenvalue weighted by Crippen LogP contribution is -2.28. The molecule has 0 radical (unpaired) electrons. The smallest absolute Gasteiger partial charge is 0.337 e. The van der Waals surface area contributed by atoms with E-state index in [1.165, 1.54) is 29.5 Å². The summed E-state index contributed by atoms with van der Waals surface area (Å²) in [5.74, 6) is -0.439. The molecule has 1 amide bonds. The number of carbonyl (C=O) groups is 1. The van der Waals surface area contributed by atoms with Crippen LogP contribution in [0, 0.1) is 5.82 Å². The minimum absolute atomic E-state index is 0.0852. The fourth-order valence-electron chi connectivity index (χ4n) is 3.88. The fraction of sp³-hybridized carbons (Fsp3) is 0.333. The van der Waals surface area contributed by atoms with Gasteiger partial charge in [0.25, 0.3) is 5.91 Å². The van der Waals surface area contributed by atoms with E-state index in [-0.39, 0.29) is 18.3 Å². The highest BCUT2D eigenvalue weighted by Gasteiger charge is 2.30. The first-order chi connectivity index (χ1) is 15.8. The maximum atomic E-state index is 13.3. The van der Waals surface area contributed by atoms with Crippen LogP contribution in [0.5, 0.6) is 0 Å². The van der Waals surface area contributed by atoms with Gasteiger partial charge < -0.3 is 4.90 Å². The molecule has 0 bridgehead atoms. The van der Waals surface area contributed by atoms with E-state index in [2.05, 4.69) is 4.98 Å². The first-order valence-corrected chi connectivity index (χ1v) is 11.5. The third-order valence-electron chi connectivity index (χ3n) is 5.50. The van der Waals surface area contributed by atoms with Crippen LogP contribution in [0.25, 0.3) is 0 Å². The van der Waals surface area contributed by atoms with Crippen LogP contribution < -0.4 is 0 Å². The number of carbonyl (C=O) groups excluding carboxylic acids is 1. The minimum atomic E-state index is -4.42. The number of aromatic nitrogens is 1. The molecule has 3 aromatic rings. The predicted octanol–water partition coefficient (Wildman–Crippen LogP) is 5.74. The number of benzene rings is 2. The van der Waals surface area contributed by atoms with E-state index in [9.17, 15) is 22.4 Å². The van der Waals surface area contributed by atoms with Crippen LogP contribution in [0.4, 0.5) is 17.6 Å². The lowest BCUT2D eigenvalue weighted by molar-refractivity contribution is -0.137. The zero-order valence-electron chi connectivity index (χ0n) is 17.8. The third-order valence-corrected chi connectivity index (χ3v) is 6.34. The first kappa shape index (κ1) is 23.4. The van der Waals surface area contributed by atoms with Crippen molar-refractivity contribution in [1.82, 2.24) is 14.8 Å². The number of likely N-dealkylation sites (tertiary alicyclic amines) is 1. The molecular weight excluding hydrogens is 454 g/mol. The van der Waals surface area contributed by atoms with Crippen molar-refractivity contribution in [1.29, 1.82) is 0 Å². The molecule has 0 spiro atoms. The summed E-state index contributed by atoms with van der Waals surface area (Å²) in [5, 5.41) is 2.43. The summed E-state index contributed by atoms with van der Waals surface area (Å²) in [4.78, 5) is 20.8. The molecular formula is C24H23F4N3OS. The van der Waals surface area contributed by atoms with Crippen molar-refractivity contribution in [3.05, 3.63) is 87.1 Å². The molecule has 1 saturated heterocycles. The number of nitrogens with zero attached hydrogens (tertiary/aromatic N) is 3. The van der Waals surface area contributed by atoms with Gasteiger partial charge in [-0.25, -0.2) is 9.37 Å². The van der Waals surface area contributed by atoms with E-state index >= 15 is 0 Å². The second kappa shape index (κ2) is 10.0. The Morgan fingerprint density at radius 2 is 1.70 bits per heavy atom. The molecule has 1 aromatic heterocycles. The summed E-state index contributed by atoms with van der Waals surface area (Å²) in [7, 11) is 0. The highest BCUT2D eigenvalue weighted by molar-refractivity contribution is 7.09. The van der Waals surface area contributed by atoms with Gasteiger partial charge in [0.15, 0.2) is 0 Å². The van der Waals surface area contributed by atoms with Crippen molar-refractivity contribution in [3.63, 3.8) is 0 Å². The van der Waals surface area contributed by atoms with Crippen LogP contribution in [-0.4, -0.2) is 33.8 Å². The van der Waals surface area contributed by atoms with E-state index in [1.54, 1.807) is 28.5 Å². The number of hydrogen-bond acceptors (Lipinski definition) is 4. The molecule has 0 saturated carbocycles. The van der Waals surface area contributed by atoms with Crippen molar-refractivity contribution in [2.24, 2.45) is 0 Å². The quantitative estimate of drug-likeness (QED) is 0.407. The predicted molar refractivity (Wildman–Crippen MR) is 118 cm³/mol. The van der Waals surface area contributed by atoms with E-state index in [1.807, 2.05) is 4.90 Å². The molecule has 9 heteroatoms. The minimum Gasteiger partial charge on any atom is -0.337 e. The van der Waals surface area contributed by atoms with Crippen molar-refractivity contribution < 1.29 is 22.4 Å². The van der Waals surface area contributed by atoms with Crippen molar-refractivity contribution in [2.45, 2.75) is 38.7 Å². The average Bonchev–Trinajstić information content (AvgIpc) is 3.47. The second-order valence-electron chi connectivity index (χ2n) is 8.10. The Kier molecular flexibility index (Phi) is 7.09. The molecule has 1 fully saturated rings. The molecule has 0 N–H and O–H groups in total. The number of alkyl halides is 3. The SMILES string of the molecule is O=C(c1csc(CN(Cc2ccc(F)cc2)Cc2cccc(C(F)(F)F)c2)n1)N1CCCC1. The van der Waals surface area contributed by atoms with Gasteiger partial charge in [-0.1, -0.05) is 30.3 Å². The normalized spacial score (nSPS) is 14.3. The summed E-state index contributed by atoms with van der Waals surface area (Å²) >= 11 is 1.36. The monoisotopic (exact) mass is 477 g/mol. The standard InChI is InChI=1S/C24H23F4N3OS/c25-20-8-6-17(7-9-20)13-30(14-18-4-3-5-19(12-18)24(26,27)28)15-22-29-21(16-33-22)23(32)31-10-1-2-11-31/h3-9,12,16H,1-2,10-11,13-15H2. The number of rotatable bonds is 7. The zero-order valence-corrected chi connectivity index (χ0v) is 18.6. The average molecular weight is 478 g/mol. The topological polar surface area (TPSA) is 36.4 Å². The number of halogens is 4. The van der Waals surface area contributed by atoms with Crippen LogP contribution in [0.15, 0.2) is 53.9 Å². The molecule has 174 valence electrons. The van der Waals surface area contributed by atoms with Crippen LogP contribution in [0.1, 0.15) is 45.0 Å². The van der Waals surface area contributed by atoms with E-state index in [4.69, 9.17) is 0 Å². The van der Waals surface area contributed by atoms with Gasteiger partial charge in [-0.2, -0.15) is 13.2 Å². The van der Waals surface area contributed by atoms with Crippen LogP contribution in [-0.2, 0) is 25.8 Å². The van der Waals surface area contributed by atoms with Gasteiger partial charge in [-0.3, -0.25) is 9.69 Å². The fourth-order valence-corrected chi connectivity index (χ4v) is 4.68. The third kappa shape index (κ3) is 6.17. The molecule has 0 unspecified atom stereocenters. The van der Waals surface area contributed by atoms with Gasteiger partial charge in [0, 0.05) is 31.6 Å². The Labute approximate surface area is 193 Å². The summed E-state index contributed by atoms with van der Waals surface area (Å²) in [6.45, 7) is 2.46. The van der Waals surface area contributed by atoms with Crippen LogP contribution in [0.2, 0.25) is 0 Å². The molecule has 1 aliphatic rings. The maximum Gasteiger partial charge on any atom is 0.416 e. The van der Waals surface area contributed by atoms with E-state index in [0.29, 0.717) is 29.4 Å². The van der Waals surface area contributed by atoms with Gasteiger partial charge in [0.05, 0.1) is 12.1 Å². The summed E-state index contributed by atoms with van der Waals surface area (Å²) in [6.07, 6.45) is -2.44. The first-order valence-electron chi connectivity index (χ1n) is 10.6. The summed E-state index contributed by atoms with van der Waals surface area (Å²) in [5.41, 5.74) is 1.04. The number of thiazole rings is 1. The van der Waals surface area contributed by atoms with Crippen molar-refractivity contribution >= 4 is 17.2 Å². The largest absolute Gasteiger partial charge is 0.416 e. The van der Waals surface area contributed by atoms with Crippen LogP contribution in [0.3, 0.4) is 0 Å². The van der Waals surface area contributed by atoms with Gasteiger partial charge in [-0.15, -0.1) is 11.3 Å². The Balaban J connectivity index is 1.53. The molecule has 0 aliphatic carbocycles. The van der Waals surface area contributed by atoms with Crippen molar-refractivity contribution in [3.8, 4) is 0 Å². The lowest BCUT2D eigenvalue weighted by atomic mass is 10.1. The second-order valence-corrected chi connectivity index (χ2v) is 9.04. The van der Waals surface area contributed by atoms with E-state index in [0.717, 1.165) is 43.6 Å². The summed E-state index contributed by atoms with van der Waals surface area (Å²) < 4.78 is 52.8. The molecule has 1 aliphatic heterocycles. The molecule has 2 heterocycles. The molecule has 4 nitrogen and oxygen atoms in total. The van der Waals surface area contributed by atoms with Gasteiger partial charge >= 0.3 is 6.18 Å². The molecule has 2 aromatic carbocycles. The maximum absolute atomic E-state index is 13.3. The Bertz CT molecular complexity index is 1090. The molecule has 33 heavy (non-hydrogen) atoms. The zero-order chi connectivity index (χ0) is 23.4. The molecule has 4 rings (SSSR count). The van der Waals surface area contributed by atoms with Gasteiger partial charge in [0.1, 0.15) is 16.5 Å². The highest BCUT2D eigenvalue weighted by atomic mass is 32.1. The highest BCUT2D eigenvalue weighted by Crippen LogP contribution is 2.30. The Hall–Kier alpha value is -2.78. The van der Waals surface area contributed by atoms with Gasteiger partial charge in [0.2, 0.25) is 0 Å². The van der Waals surface area contributed by atoms with Crippen molar-refractivity contribution in [2.75, 3.05) is 13.1 Å². The lowest BCUT2D eigenvalue weighted by Gasteiger charge is -2.22. The Morgan fingerprint density at radius 3 is 2.39 bits per heavy atom. The number of hydrogen-bond donors (Lipinski definition) is 0. The molecule has 0 atom stereocenters. The van der Waals surface area contributed by atoms with Gasteiger partial charge in [-0.05, 0) is 42.2 Å². The van der Waals surface area contributed by atoms with E-state index < -0.39 is 11.7 Å².